The van der Waals surface area contributed by atoms with Gasteiger partial charge < -0.3 is 21.1 Å². The molecular formula is C13H25N5O2. The molecule has 0 aromatic rings. The second kappa shape index (κ2) is 9.92. The fraction of sp³-hybridized carbons (Fsp3) is 0.692. The molecule has 0 aliphatic rings. The molecule has 0 heterocycles. The van der Waals surface area contributed by atoms with E-state index >= 15 is 0 Å². The van der Waals surface area contributed by atoms with Crippen LogP contribution in [0.15, 0.2) is 11.9 Å². The molecule has 7 heteroatoms. The Bertz CT molecular complexity index is 364. The van der Waals surface area contributed by atoms with Crippen molar-refractivity contribution in [3.63, 3.8) is 0 Å². The van der Waals surface area contributed by atoms with E-state index in [9.17, 15) is 10.1 Å². The zero-order chi connectivity index (χ0) is 15.4. The largest absolute Gasteiger partial charge is 0.414 e. The molecule has 0 aromatic carbocycles. The number of hydrogen-bond donors (Lipinski definition) is 4. The normalized spacial score (nSPS) is 14.0. The average molecular weight is 283 g/mol. The van der Waals surface area contributed by atoms with Gasteiger partial charge in [-0.1, -0.05) is 6.92 Å². The molecule has 20 heavy (non-hydrogen) atoms. The maximum absolute atomic E-state index is 11.5. The highest BCUT2D eigenvalue weighted by atomic mass is 16.6. The standard InChI is InChI=1S/C13H25N5O2/c1-4-16-11(15)8-7-9-13(10-14,18-6-3)20-12(19)17-5-2/h8,16,18H,4-7,9,15H2,1-3H3,(H,17,19)/b11-8-. The van der Waals surface area contributed by atoms with Gasteiger partial charge in [-0.15, -0.1) is 0 Å². The van der Waals surface area contributed by atoms with Crippen molar-refractivity contribution in [2.45, 2.75) is 39.3 Å². The van der Waals surface area contributed by atoms with Gasteiger partial charge in [-0.2, -0.15) is 5.26 Å². The van der Waals surface area contributed by atoms with E-state index in [-0.39, 0.29) is 0 Å². The third-order valence-corrected chi connectivity index (χ3v) is 2.47. The zero-order valence-electron chi connectivity index (χ0n) is 12.5. The topological polar surface area (TPSA) is 112 Å². The van der Waals surface area contributed by atoms with E-state index in [1.807, 2.05) is 19.9 Å². The molecule has 0 aliphatic carbocycles. The number of carbonyl (C=O) groups is 1. The number of nitrogens with two attached hydrogens (primary N) is 1. The van der Waals surface area contributed by atoms with E-state index in [0.717, 1.165) is 6.54 Å². The number of nitrogens with zero attached hydrogens (tertiary/aromatic N) is 1. The molecule has 7 nitrogen and oxygen atoms in total. The zero-order valence-corrected chi connectivity index (χ0v) is 12.5. The maximum Gasteiger partial charge on any atom is 0.409 e. The summed E-state index contributed by atoms with van der Waals surface area (Å²) in [6, 6.07) is 2.03. The molecule has 1 atom stereocenters. The molecule has 0 bridgehead atoms. The SMILES string of the molecule is CCNC(=O)OC(C#N)(CC/C=C(/N)NCC)NCC. The van der Waals surface area contributed by atoms with Gasteiger partial charge in [0.2, 0.25) is 0 Å². The Morgan fingerprint density at radius 1 is 1.30 bits per heavy atom. The van der Waals surface area contributed by atoms with Crippen LogP contribution in [0.4, 0.5) is 4.79 Å². The van der Waals surface area contributed by atoms with Crippen LogP contribution >= 0.6 is 0 Å². The van der Waals surface area contributed by atoms with Crippen LogP contribution in [0.3, 0.4) is 0 Å². The lowest BCUT2D eigenvalue weighted by molar-refractivity contribution is 0.0234. The van der Waals surface area contributed by atoms with Gasteiger partial charge >= 0.3 is 6.09 Å². The first kappa shape index (κ1) is 18.1. The number of carbonyl (C=O) groups excluding carboxylic acids is 1. The highest BCUT2D eigenvalue weighted by Crippen LogP contribution is 2.15. The molecule has 114 valence electrons. The Labute approximate surface area is 120 Å². The molecular weight excluding hydrogens is 258 g/mol. The summed E-state index contributed by atoms with van der Waals surface area (Å²) in [6.07, 6.45) is 1.99. The van der Waals surface area contributed by atoms with E-state index in [0.29, 0.717) is 31.8 Å². The first-order chi connectivity index (χ1) is 9.53. The van der Waals surface area contributed by atoms with Crippen LogP contribution in [0, 0.1) is 11.3 Å². The quantitative estimate of drug-likeness (QED) is 0.465. The first-order valence-electron chi connectivity index (χ1n) is 6.86. The van der Waals surface area contributed by atoms with Gasteiger partial charge in [-0.25, -0.2) is 4.79 Å². The van der Waals surface area contributed by atoms with Gasteiger partial charge in [0.1, 0.15) is 6.07 Å². The molecule has 0 spiro atoms. The monoisotopic (exact) mass is 283 g/mol. The summed E-state index contributed by atoms with van der Waals surface area (Å²) in [7, 11) is 0. The Morgan fingerprint density at radius 3 is 2.45 bits per heavy atom. The molecule has 0 rings (SSSR count). The van der Waals surface area contributed by atoms with E-state index in [4.69, 9.17) is 10.5 Å². The summed E-state index contributed by atoms with van der Waals surface area (Å²) in [5, 5.41) is 17.7. The number of amides is 1. The van der Waals surface area contributed by atoms with Gasteiger partial charge in [-0.3, -0.25) is 5.32 Å². The van der Waals surface area contributed by atoms with Crippen LogP contribution in [0.5, 0.6) is 0 Å². The van der Waals surface area contributed by atoms with E-state index < -0.39 is 11.8 Å². The highest BCUT2D eigenvalue weighted by molar-refractivity contribution is 5.68. The number of nitriles is 1. The smallest absolute Gasteiger partial charge is 0.409 e. The Hall–Kier alpha value is -1.94. The van der Waals surface area contributed by atoms with Gasteiger partial charge in [0.25, 0.3) is 5.72 Å². The van der Waals surface area contributed by atoms with Crippen LogP contribution in [0.2, 0.25) is 0 Å². The fourth-order valence-corrected chi connectivity index (χ4v) is 1.63. The van der Waals surface area contributed by atoms with Crippen molar-refractivity contribution in [2.24, 2.45) is 5.73 Å². The summed E-state index contributed by atoms with van der Waals surface area (Å²) in [6.45, 7) is 7.25. The molecule has 5 N–H and O–H groups in total. The number of allylic oxidation sites excluding steroid dienone is 1. The Balaban J connectivity index is 4.66. The fourth-order valence-electron chi connectivity index (χ4n) is 1.63. The lowest BCUT2D eigenvalue weighted by Gasteiger charge is -2.26. The number of nitrogens with one attached hydrogen (secondary N) is 3. The molecule has 0 aromatic heterocycles. The van der Waals surface area contributed by atoms with Crippen LogP contribution < -0.4 is 21.7 Å². The van der Waals surface area contributed by atoms with Gasteiger partial charge in [0.15, 0.2) is 0 Å². The van der Waals surface area contributed by atoms with E-state index in [1.165, 1.54) is 0 Å². The van der Waals surface area contributed by atoms with Crippen LogP contribution in [0.25, 0.3) is 0 Å². The number of alkyl carbamates (subject to hydrolysis) is 1. The minimum absolute atomic E-state index is 0.320. The average Bonchev–Trinajstić information content (AvgIpc) is 2.39. The van der Waals surface area contributed by atoms with Crippen LogP contribution in [0.1, 0.15) is 33.6 Å². The molecule has 1 unspecified atom stereocenters. The Morgan fingerprint density at radius 2 is 1.95 bits per heavy atom. The predicted molar refractivity (Wildman–Crippen MR) is 77.4 cm³/mol. The summed E-state index contributed by atoms with van der Waals surface area (Å²) in [5.41, 5.74) is 4.37. The third-order valence-electron chi connectivity index (χ3n) is 2.47. The lowest BCUT2D eigenvalue weighted by Crippen LogP contribution is -2.49. The van der Waals surface area contributed by atoms with Crippen molar-refractivity contribution in [1.82, 2.24) is 16.0 Å². The third kappa shape index (κ3) is 6.85. The van der Waals surface area contributed by atoms with Crippen molar-refractivity contribution < 1.29 is 9.53 Å². The summed E-state index contributed by atoms with van der Waals surface area (Å²) >= 11 is 0. The van der Waals surface area contributed by atoms with Crippen molar-refractivity contribution in [1.29, 1.82) is 5.26 Å². The first-order valence-corrected chi connectivity index (χ1v) is 6.86. The second-order valence-electron chi connectivity index (χ2n) is 4.12. The summed E-state index contributed by atoms with van der Waals surface area (Å²) < 4.78 is 5.20. The Kier molecular flexibility index (Phi) is 8.96. The van der Waals surface area contributed by atoms with Crippen molar-refractivity contribution in [2.75, 3.05) is 19.6 Å². The van der Waals surface area contributed by atoms with Gasteiger partial charge in [0, 0.05) is 19.5 Å². The van der Waals surface area contributed by atoms with E-state index in [2.05, 4.69) is 16.0 Å². The van der Waals surface area contributed by atoms with Gasteiger partial charge in [-0.05, 0) is 32.9 Å². The molecule has 0 saturated carbocycles. The number of ether oxygens (including phenoxy) is 1. The number of rotatable bonds is 9. The lowest BCUT2D eigenvalue weighted by atomic mass is 10.1. The van der Waals surface area contributed by atoms with Crippen molar-refractivity contribution in [3.05, 3.63) is 11.9 Å². The molecule has 0 fully saturated rings. The number of hydrogen-bond acceptors (Lipinski definition) is 6. The minimum atomic E-state index is -1.34. The molecule has 0 aliphatic heterocycles. The molecule has 0 radical (unpaired) electrons. The second-order valence-corrected chi connectivity index (χ2v) is 4.12. The minimum Gasteiger partial charge on any atom is -0.414 e. The maximum atomic E-state index is 11.5. The van der Waals surface area contributed by atoms with Crippen LogP contribution in [-0.4, -0.2) is 31.5 Å². The highest BCUT2D eigenvalue weighted by Gasteiger charge is 2.32. The summed E-state index contributed by atoms with van der Waals surface area (Å²) in [5.74, 6) is 0.550. The van der Waals surface area contributed by atoms with Crippen LogP contribution in [-0.2, 0) is 4.74 Å². The predicted octanol–water partition coefficient (Wildman–Crippen LogP) is 0.752. The van der Waals surface area contributed by atoms with E-state index in [1.54, 1.807) is 13.0 Å². The van der Waals surface area contributed by atoms with Crippen molar-refractivity contribution >= 4 is 6.09 Å². The molecule has 1 amide bonds. The summed E-state index contributed by atoms with van der Waals surface area (Å²) in [4.78, 5) is 11.5. The molecule has 0 saturated heterocycles. The van der Waals surface area contributed by atoms with Crippen molar-refractivity contribution in [3.8, 4) is 6.07 Å². The van der Waals surface area contributed by atoms with Gasteiger partial charge in [0.05, 0.1) is 5.82 Å².